The molecule has 1 heterocycles. The first-order valence-corrected chi connectivity index (χ1v) is 6.83. The monoisotopic (exact) mass is 304 g/mol. The average Bonchev–Trinajstić information content (AvgIpc) is 2.61. The van der Waals surface area contributed by atoms with Gasteiger partial charge in [-0.05, 0) is 0 Å². The van der Waals surface area contributed by atoms with Crippen molar-refractivity contribution in [3.05, 3.63) is 83.4 Å². The van der Waals surface area contributed by atoms with Gasteiger partial charge in [-0.15, -0.1) is 0 Å². The minimum absolute atomic E-state index is 0.0641. The number of nitrogen functional groups attached to an aromatic ring is 1. The highest BCUT2D eigenvalue weighted by Crippen LogP contribution is 2.26. The van der Waals surface area contributed by atoms with Crippen molar-refractivity contribution >= 4 is 17.5 Å². The lowest BCUT2D eigenvalue weighted by Crippen LogP contribution is -2.20. The van der Waals surface area contributed by atoms with Crippen LogP contribution in [0.1, 0.15) is 31.8 Å². The third kappa shape index (κ3) is 2.82. The summed E-state index contributed by atoms with van der Waals surface area (Å²) in [4.78, 5) is 34.8. The van der Waals surface area contributed by atoms with Crippen LogP contribution in [0.25, 0.3) is 0 Å². The second kappa shape index (κ2) is 6.15. The van der Waals surface area contributed by atoms with Crippen molar-refractivity contribution in [3.63, 3.8) is 0 Å². The van der Waals surface area contributed by atoms with Gasteiger partial charge in [0, 0.05) is 22.3 Å². The molecule has 6 heteroatoms. The van der Waals surface area contributed by atoms with Gasteiger partial charge in [-0.25, -0.2) is 15.0 Å². The fourth-order valence-corrected chi connectivity index (χ4v) is 2.30. The van der Waals surface area contributed by atoms with E-state index in [2.05, 4.69) is 15.0 Å². The van der Waals surface area contributed by atoms with Gasteiger partial charge in [-0.2, -0.15) is 0 Å². The van der Waals surface area contributed by atoms with Crippen molar-refractivity contribution in [2.75, 3.05) is 5.73 Å². The number of nitrogens with two attached hydrogens (primary N) is 1. The largest absolute Gasteiger partial charge is 0.368 e. The first-order chi connectivity index (χ1) is 11.2. The zero-order valence-electron chi connectivity index (χ0n) is 12.0. The average molecular weight is 304 g/mol. The van der Waals surface area contributed by atoms with Gasteiger partial charge in [0.1, 0.15) is 12.7 Å². The van der Waals surface area contributed by atoms with Crippen molar-refractivity contribution in [1.82, 2.24) is 15.0 Å². The van der Waals surface area contributed by atoms with Gasteiger partial charge in [0.15, 0.2) is 11.6 Å². The highest BCUT2D eigenvalue weighted by atomic mass is 16.1. The normalized spacial score (nSPS) is 11.8. The molecule has 0 saturated carbocycles. The van der Waals surface area contributed by atoms with Crippen LogP contribution in [0.15, 0.2) is 61.2 Å². The second-order valence-electron chi connectivity index (χ2n) is 4.75. The SMILES string of the molecule is Nc1ncncn1.O=C1c2ccccc2C(=O)c2ccccc21. The lowest BCUT2D eigenvalue weighted by atomic mass is 9.84. The summed E-state index contributed by atoms with van der Waals surface area (Å²) in [7, 11) is 0. The predicted octanol–water partition coefficient (Wildman–Crippen LogP) is 1.92. The van der Waals surface area contributed by atoms with Crippen LogP contribution < -0.4 is 5.73 Å². The predicted molar refractivity (Wildman–Crippen MR) is 84.0 cm³/mol. The van der Waals surface area contributed by atoms with E-state index in [4.69, 9.17) is 5.73 Å². The quantitative estimate of drug-likeness (QED) is 0.533. The number of benzene rings is 2. The number of carbonyl (C=O) groups excluding carboxylic acids is 2. The number of carbonyl (C=O) groups is 2. The van der Waals surface area contributed by atoms with Gasteiger partial charge < -0.3 is 5.73 Å². The fourth-order valence-electron chi connectivity index (χ4n) is 2.30. The lowest BCUT2D eigenvalue weighted by Gasteiger charge is -2.16. The standard InChI is InChI=1S/C14H8O2.C3H4N4/c15-13-9-5-1-2-6-10(9)14(16)12-8-4-3-7-11(12)13;4-3-6-1-5-2-7-3/h1-8H;1-2H,(H2,4,5,6,7). The minimum atomic E-state index is -0.0641. The van der Waals surface area contributed by atoms with E-state index in [1.165, 1.54) is 12.7 Å². The number of aromatic nitrogens is 3. The molecule has 2 aromatic carbocycles. The van der Waals surface area contributed by atoms with Crippen LogP contribution in [0, 0.1) is 0 Å². The molecule has 0 radical (unpaired) electrons. The van der Waals surface area contributed by atoms with Crippen LogP contribution in [-0.4, -0.2) is 26.5 Å². The molecule has 0 unspecified atom stereocenters. The van der Waals surface area contributed by atoms with Gasteiger partial charge in [0.2, 0.25) is 5.95 Å². The molecule has 6 nitrogen and oxygen atoms in total. The third-order valence-corrected chi connectivity index (χ3v) is 3.35. The van der Waals surface area contributed by atoms with Crippen LogP contribution in [0.3, 0.4) is 0 Å². The summed E-state index contributed by atoms with van der Waals surface area (Å²) in [5.74, 6) is 0.131. The first kappa shape index (κ1) is 14.5. The Balaban J connectivity index is 0.000000188. The van der Waals surface area contributed by atoms with Gasteiger partial charge in [-0.3, -0.25) is 9.59 Å². The Labute approximate surface area is 132 Å². The van der Waals surface area contributed by atoms with E-state index in [1.807, 2.05) is 0 Å². The molecule has 0 atom stereocenters. The highest BCUT2D eigenvalue weighted by molar-refractivity contribution is 6.28. The van der Waals surface area contributed by atoms with Crippen LogP contribution >= 0.6 is 0 Å². The Morgan fingerprint density at radius 3 is 1.26 bits per heavy atom. The van der Waals surface area contributed by atoms with Crippen LogP contribution in [0.4, 0.5) is 5.95 Å². The summed E-state index contributed by atoms with van der Waals surface area (Å²) in [6.45, 7) is 0. The Morgan fingerprint density at radius 2 is 1.00 bits per heavy atom. The Bertz CT molecular complexity index is 773. The Morgan fingerprint density at radius 1 is 0.652 bits per heavy atom. The minimum Gasteiger partial charge on any atom is -0.368 e. The summed E-state index contributed by atoms with van der Waals surface area (Å²) in [5.41, 5.74) is 7.12. The maximum absolute atomic E-state index is 12.1. The molecule has 1 aliphatic carbocycles. The molecular formula is C17H12N4O2. The molecule has 1 aliphatic rings. The van der Waals surface area contributed by atoms with E-state index < -0.39 is 0 Å². The van der Waals surface area contributed by atoms with Crippen molar-refractivity contribution in [3.8, 4) is 0 Å². The summed E-state index contributed by atoms with van der Waals surface area (Å²) >= 11 is 0. The molecule has 3 aromatic rings. The van der Waals surface area contributed by atoms with Crippen LogP contribution in [-0.2, 0) is 0 Å². The second-order valence-corrected chi connectivity index (χ2v) is 4.75. The van der Waals surface area contributed by atoms with Gasteiger partial charge in [0.25, 0.3) is 0 Å². The molecule has 4 rings (SSSR count). The molecule has 0 saturated heterocycles. The summed E-state index contributed by atoms with van der Waals surface area (Å²) in [6.07, 6.45) is 2.70. The van der Waals surface area contributed by atoms with E-state index in [0.29, 0.717) is 22.3 Å². The van der Waals surface area contributed by atoms with Crippen molar-refractivity contribution < 1.29 is 9.59 Å². The molecule has 0 aliphatic heterocycles. The number of ketones is 2. The maximum atomic E-state index is 12.1. The fraction of sp³-hybridized carbons (Fsp3) is 0. The van der Waals surface area contributed by atoms with Gasteiger partial charge in [0.05, 0.1) is 0 Å². The van der Waals surface area contributed by atoms with E-state index >= 15 is 0 Å². The summed E-state index contributed by atoms with van der Waals surface area (Å²) < 4.78 is 0. The highest BCUT2D eigenvalue weighted by Gasteiger charge is 2.28. The zero-order valence-corrected chi connectivity index (χ0v) is 12.0. The van der Waals surface area contributed by atoms with E-state index in [1.54, 1.807) is 48.5 Å². The molecule has 112 valence electrons. The number of hydrogen-bond donors (Lipinski definition) is 1. The summed E-state index contributed by atoms with van der Waals surface area (Å²) in [5, 5.41) is 0. The topological polar surface area (TPSA) is 98.8 Å². The molecule has 2 N–H and O–H groups in total. The number of nitrogens with zero attached hydrogens (tertiary/aromatic N) is 3. The van der Waals surface area contributed by atoms with Crippen molar-refractivity contribution in [1.29, 1.82) is 0 Å². The molecule has 0 fully saturated rings. The van der Waals surface area contributed by atoms with Gasteiger partial charge in [-0.1, -0.05) is 48.5 Å². The Kier molecular flexibility index (Phi) is 3.88. The smallest absolute Gasteiger partial charge is 0.222 e. The number of fused-ring (bicyclic) bond motifs is 2. The molecule has 23 heavy (non-hydrogen) atoms. The molecule has 0 bridgehead atoms. The van der Waals surface area contributed by atoms with Gasteiger partial charge >= 0.3 is 0 Å². The Hall–Kier alpha value is -3.41. The zero-order chi connectivity index (χ0) is 16.2. The number of anilines is 1. The van der Waals surface area contributed by atoms with E-state index in [9.17, 15) is 9.59 Å². The number of rotatable bonds is 0. The van der Waals surface area contributed by atoms with Crippen molar-refractivity contribution in [2.45, 2.75) is 0 Å². The third-order valence-electron chi connectivity index (χ3n) is 3.35. The molecular weight excluding hydrogens is 292 g/mol. The summed E-state index contributed by atoms with van der Waals surface area (Å²) in [6, 6.07) is 13.9. The van der Waals surface area contributed by atoms with Crippen molar-refractivity contribution in [2.24, 2.45) is 0 Å². The van der Waals surface area contributed by atoms with E-state index in [0.717, 1.165) is 0 Å². The number of hydrogen-bond acceptors (Lipinski definition) is 6. The van der Waals surface area contributed by atoms with E-state index in [-0.39, 0.29) is 17.5 Å². The van der Waals surface area contributed by atoms with Crippen LogP contribution in [0.2, 0.25) is 0 Å². The first-order valence-electron chi connectivity index (χ1n) is 6.83. The maximum Gasteiger partial charge on any atom is 0.222 e. The van der Waals surface area contributed by atoms with Crippen LogP contribution in [0.5, 0.6) is 0 Å². The lowest BCUT2D eigenvalue weighted by molar-refractivity contribution is 0.0979. The molecule has 0 amide bonds. The molecule has 1 aromatic heterocycles. The molecule has 0 spiro atoms.